The second-order valence-electron chi connectivity index (χ2n) is 8.08. The maximum absolute atomic E-state index is 5.94. The first-order chi connectivity index (χ1) is 14.2. The van der Waals surface area contributed by atoms with Gasteiger partial charge in [-0.2, -0.15) is 4.98 Å². The molecular weight excluding hydrogens is 362 g/mol. The van der Waals surface area contributed by atoms with Gasteiger partial charge in [0.25, 0.3) is 0 Å². The van der Waals surface area contributed by atoms with Gasteiger partial charge in [0.2, 0.25) is 11.7 Å². The molecule has 0 bridgehead atoms. The van der Waals surface area contributed by atoms with Crippen LogP contribution in [-0.4, -0.2) is 35.2 Å². The number of unbranched alkanes of at least 4 members (excludes halogenated alkanes) is 4. The number of hydrogen-bond donors (Lipinski definition) is 0. The third kappa shape index (κ3) is 4.78. The van der Waals surface area contributed by atoms with Crippen LogP contribution in [0.25, 0.3) is 22.2 Å². The van der Waals surface area contributed by atoms with Crippen LogP contribution in [0.1, 0.15) is 63.8 Å². The highest BCUT2D eigenvalue weighted by atomic mass is 16.5. The number of aromatic nitrogens is 2. The summed E-state index contributed by atoms with van der Waals surface area (Å²) in [6.45, 7) is 4.11. The van der Waals surface area contributed by atoms with Gasteiger partial charge >= 0.3 is 0 Å². The van der Waals surface area contributed by atoms with Crippen molar-refractivity contribution in [1.82, 2.24) is 15.0 Å². The summed E-state index contributed by atoms with van der Waals surface area (Å²) >= 11 is 0. The fourth-order valence-electron chi connectivity index (χ4n) is 4.06. The number of benzene rings is 2. The van der Waals surface area contributed by atoms with Gasteiger partial charge in [-0.25, -0.2) is 0 Å². The smallest absolute Gasteiger partial charge is 0.244 e. The van der Waals surface area contributed by atoms with E-state index < -0.39 is 0 Å². The summed E-state index contributed by atoms with van der Waals surface area (Å²) in [6, 6.07) is 12.8. The average Bonchev–Trinajstić information content (AvgIpc) is 3.39. The molecule has 0 radical (unpaired) electrons. The second-order valence-corrected chi connectivity index (χ2v) is 8.08. The van der Waals surface area contributed by atoms with Crippen LogP contribution in [0.5, 0.6) is 5.75 Å². The van der Waals surface area contributed by atoms with Crippen molar-refractivity contribution in [3.63, 3.8) is 0 Å². The monoisotopic (exact) mass is 393 g/mol. The summed E-state index contributed by atoms with van der Waals surface area (Å²) in [5, 5.41) is 6.54. The van der Waals surface area contributed by atoms with Gasteiger partial charge in [-0.3, -0.25) is 4.90 Å². The van der Waals surface area contributed by atoms with E-state index in [0.29, 0.717) is 5.82 Å². The zero-order chi connectivity index (χ0) is 20.1. The molecule has 5 heteroatoms. The van der Waals surface area contributed by atoms with E-state index >= 15 is 0 Å². The van der Waals surface area contributed by atoms with Crippen LogP contribution in [-0.2, 0) is 0 Å². The van der Waals surface area contributed by atoms with Crippen LogP contribution in [0.3, 0.4) is 0 Å². The third-order valence-electron chi connectivity index (χ3n) is 5.83. The summed E-state index contributed by atoms with van der Waals surface area (Å²) in [7, 11) is 2.11. The molecule has 1 aliphatic rings. The molecule has 154 valence electrons. The lowest BCUT2D eigenvalue weighted by Crippen LogP contribution is -2.17. The van der Waals surface area contributed by atoms with Gasteiger partial charge in [-0.15, -0.1) is 0 Å². The second kappa shape index (κ2) is 9.40. The summed E-state index contributed by atoms with van der Waals surface area (Å²) in [4.78, 5) is 6.95. The Kier molecular flexibility index (Phi) is 6.45. The highest BCUT2D eigenvalue weighted by Gasteiger charge is 2.27. The fraction of sp³-hybridized carbons (Fsp3) is 0.500. The maximum atomic E-state index is 5.94. The van der Waals surface area contributed by atoms with Gasteiger partial charge in [0.05, 0.1) is 12.6 Å². The lowest BCUT2D eigenvalue weighted by molar-refractivity contribution is 0.245. The van der Waals surface area contributed by atoms with Crippen molar-refractivity contribution < 1.29 is 9.26 Å². The van der Waals surface area contributed by atoms with Crippen molar-refractivity contribution >= 4 is 10.8 Å². The van der Waals surface area contributed by atoms with Crippen LogP contribution < -0.4 is 4.74 Å². The van der Waals surface area contributed by atoms with E-state index in [1.807, 2.05) is 6.07 Å². The Bertz CT molecular complexity index is 937. The van der Waals surface area contributed by atoms with E-state index in [1.54, 1.807) is 0 Å². The first kappa shape index (κ1) is 19.9. The average molecular weight is 394 g/mol. The van der Waals surface area contributed by atoms with E-state index in [1.165, 1.54) is 32.1 Å². The van der Waals surface area contributed by atoms with Crippen molar-refractivity contribution in [2.75, 3.05) is 20.2 Å². The number of ether oxygens (including phenoxy) is 1. The molecule has 1 atom stereocenters. The van der Waals surface area contributed by atoms with Crippen molar-refractivity contribution in [3.8, 4) is 17.1 Å². The maximum Gasteiger partial charge on any atom is 0.244 e. The fourth-order valence-corrected chi connectivity index (χ4v) is 4.06. The molecule has 3 aromatic rings. The molecule has 4 rings (SSSR count). The first-order valence-electron chi connectivity index (χ1n) is 11.0. The van der Waals surface area contributed by atoms with Gasteiger partial charge in [-0.1, -0.05) is 56.0 Å². The normalized spacial score (nSPS) is 17.2. The Morgan fingerprint density at radius 3 is 2.72 bits per heavy atom. The summed E-state index contributed by atoms with van der Waals surface area (Å²) in [6.07, 6.45) is 8.51. The number of rotatable bonds is 9. The quantitative estimate of drug-likeness (QED) is 0.417. The topological polar surface area (TPSA) is 51.4 Å². The van der Waals surface area contributed by atoms with Crippen molar-refractivity contribution in [3.05, 3.63) is 42.3 Å². The van der Waals surface area contributed by atoms with Crippen LogP contribution in [0.4, 0.5) is 0 Å². The minimum Gasteiger partial charge on any atom is -0.494 e. The molecule has 1 aliphatic heterocycles. The minimum absolute atomic E-state index is 0.249. The Morgan fingerprint density at radius 1 is 1.07 bits per heavy atom. The zero-order valence-corrected chi connectivity index (χ0v) is 17.6. The van der Waals surface area contributed by atoms with E-state index in [4.69, 9.17) is 9.26 Å². The molecule has 2 heterocycles. The van der Waals surface area contributed by atoms with Gasteiger partial charge in [-0.05, 0) is 61.8 Å². The molecule has 0 spiro atoms. The molecule has 2 aromatic carbocycles. The van der Waals surface area contributed by atoms with E-state index in [-0.39, 0.29) is 6.04 Å². The van der Waals surface area contributed by atoms with Gasteiger partial charge in [0.15, 0.2) is 0 Å². The van der Waals surface area contributed by atoms with Gasteiger partial charge in [0.1, 0.15) is 5.75 Å². The van der Waals surface area contributed by atoms with Gasteiger partial charge in [0, 0.05) is 5.56 Å². The van der Waals surface area contributed by atoms with Crippen LogP contribution in [0.2, 0.25) is 0 Å². The summed E-state index contributed by atoms with van der Waals surface area (Å²) in [5.41, 5.74) is 0.984. The molecule has 0 amide bonds. The summed E-state index contributed by atoms with van der Waals surface area (Å²) in [5.74, 6) is 2.32. The molecule has 0 unspecified atom stereocenters. The number of hydrogen-bond acceptors (Lipinski definition) is 5. The largest absolute Gasteiger partial charge is 0.494 e. The van der Waals surface area contributed by atoms with E-state index in [0.717, 1.165) is 54.0 Å². The standard InChI is InChI=1S/C24H31N3O2/c1-3-4-5-6-7-15-28-21-13-12-18-16-20(11-10-19(18)17-21)23-25-24(29-26-23)22-9-8-14-27(22)2/h10-13,16-17,22H,3-9,14-15H2,1-2H3/t22-/m0/s1. The molecule has 1 aromatic heterocycles. The molecule has 1 fully saturated rings. The van der Waals surface area contributed by atoms with E-state index in [2.05, 4.69) is 59.3 Å². The first-order valence-corrected chi connectivity index (χ1v) is 11.0. The minimum atomic E-state index is 0.249. The Hall–Kier alpha value is -2.40. The lowest BCUT2D eigenvalue weighted by Gasteiger charge is -2.14. The van der Waals surface area contributed by atoms with Gasteiger partial charge < -0.3 is 9.26 Å². The van der Waals surface area contributed by atoms with Crippen LogP contribution in [0, 0.1) is 0 Å². The highest BCUT2D eigenvalue weighted by Crippen LogP contribution is 2.31. The Morgan fingerprint density at radius 2 is 1.90 bits per heavy atom. The molecular formula is C24H31N3O2. The lowest BCUT2D eigenvalue weighted by atomic mass is 10.1. The van der Waals surface area contributed by atoms with Crippen LogP contribution >= 0.6 is 0 Å². The Labute approximate surface area is 173 Å². The Balaban J connectivity index is 1.41. The number of likely N-dealkylation sites (tertiary alicyclic amines) is 1. The SMILES string of the molecule is CCCCCCCOc1ccc2cc(-c3noc([C@@H]4CCCN4C)n3)ccc2c1. The number of nitrogens with zero attached hydrogens (tertiary/aromatic N) is 3. The zero-order valence-electron chi connectivity index (χ0n) is 17.6. The molecule has 0 saturated carbocycles. The van der Waals surface area contributed by atoms with Crippen molar-refractivity contribution in [1.29, 1.82) is 0 Å². The predicted octanol–water partition coefficient (Wildman–Crippen LogP) is 6.01. The number of fused-ring (bicyclic) bond motifs is 1. The molecule has 0 N–H and O–H groups in total. The molecule has 0 aliphatic carbocycles. The summed E-state index contributed by atoms with van der Waals surface area (Å²) < 4.78 is 11.5. The van der Waals surface area contributed by atoms with E-state index in [9.17, 15) is 0 Å². The van der Waals surface area contributed by atoms with Crippen molar-refractivity contribution in [2.45, 2.75) is 57.9 Å². The van der Waals surface area contributed by atoms with Crippen LogP contribution in [0.15, 0.2) is 40.9 Å². The van der Waals surface area contributed by atoms with Crippen molar-refractivity contribution in [2.24, 2.45) is 0 Å². The molecule has 1 saturated heterocycles. The predicted molar refractivity (Wildman–Crippen MR) is 116 cm³/mol. The third-order valence-corrected chi connectivity index (χ3v) is 5.83. The molecule has 5 nitrogen and oxygen atoms in total. The molecule has 29 heavy (non-hydrogen) atoms. The highest BCUT2D eigenvalue weighted by molar-refractivity contribution is 5.87.